The number of anilines is 1. The van der Waals surface area contributed by atoms with Gasteiger partial charge in [0.2, 0.25) is 5.91 Å². The van der Waals surface area contributed by atoms with Crippen molar-refractivity contribution < 1.29 is 19.1 Å². The quantitative estimate of drug-likeness (QED) is 0.320. The Balaban J connectivity index is 1.55. The molecule has 1 aromatic carbocycles. The predicted octanol–water partition coefficient (Wildman–Crippen LogP) is 3.87. The lowest BCUT2D eigenvalue weighted by Crippen LogP contribution is -2.14. The fraction of sp³-hybridized carbons (Fsp3) is 0.286. The number of thioether (sulfide) groups is 1. The number of para-hydroxylation sites is 1. The van der Waals surface area contributed by atoms with Crippen molar-refractivity contribution in [3.05, 3.63) is 40.4 Å². The van der Waals surface area contributed by atoms with Crippen LogP contribution in [-0.2, 0) is 9.53 Å². The molecule has 9 nitrogen and oxygen atoms in total. The van der Waals surface area contributed by atoms with Crippen molar-refractivity contribution in [1.29, 1.82) is 0 Å². The average Bonchev–Trinajstić information content (AvgIpc) is 3.34. The van der Waals surface area contributed by atoms with Crippen molar-refractivity contribution in [1.82, 2.24) is 19.6 Å². The number of ether oxygens (including phenoxy) is 2. The van der Waals surface area contributed by atoms with Crippen LogP contribution in [0.2, 0.25) is 0 Å². The summed E-state index contributed by atoms with van der Waals surface area (Å²) in [6, 6.07) is 7.79. The highest BCUT2D eigenvalue weighted by atomic mass is 32.2. The maximum Gasteiger partial charge on any atom is 0.350 e. The van der Waals surface area contributed by atoms with Crippen LogP contribution in [-0.4, -0.2) is 50.9 Å². The van der Waals surface area contributed by atoms with Gasteiger partial charge in [0, 0.05) is 5.39 Å². The van der Waals surface area contributed by atoms with Crippen molar-refractivity contribution in [2.24, 2.45) is 0 Å². The summed E-state index contributed by atoms with van der Waals surface area (Å²) in [5, 5.41) is 13.2. The lowest BCUT2D eigenvalue weighted by molar-refractivity contribution is -0.113. The largest absolute Gasteiger partial charge is 0.495 e. The normalized spacial score (nSPS) is 11.1. The minimum atomic E-state index is -0.441. The van der Waals surface area contributed by atoms with Gasteiger partial charge in [0.05, 0.1) is 30.7 Å². The number of esters is 1. The van der Waals surface area contributed by atoms with Crippen LogP contribution in [0.25, 0.3) is 16.6 Å². The van der Waals surface area contributed by atoms with Crippen LogP contribution in [0.3, 0.4) is 0 Å². The number of thiazole rings is 1. The van der Waals surface area contributed by atoms with E-state index in [-0.39, 0.29) is 18.3 Å². The van der Waals surface area contributed by atoms with Crippen LogP contribution in [0.4, 0.5) is 5.13 Å². The number of aromatic nitrogens is 4. The second kappa shape index (κ2) is 9.13. The van der Waals surface area contributed by atoms with Crippen LogP contribution in [0.5, 0.6) is 5.75 Å². The number of pyridine rings is 1. The Hall–Kier alpha value is -3.18. The number of carbonyl (C=O) groups excluding carboxylic acids is 2. The molecule has 1 amide bonds. The van der Waals surface area contributed by atoms with Crippen LogP contribution >= 0.6 is 23.1 Å². The zero-order valence-corrected chi connectivity index (χ0v) is 19.6. The Bertz CT molecular complexity index is 1330. The summed E-state index contributed by atoms with van der Waals surface area (Å²) in [5.74, 6) is 0.0911. The molecule has 0 spiro atoms. The highest BCUT2D eigenvalue weighted by Gasteiger charge is 2.19. The molecule has 3 aromatic heterocycles. The first-order chi connectivity index (χ1) is 15.4. The summed E-state index contributed by atoms with van der Waals surface area (Å²) in [4.78, 5) is 29.1. The number of fused-ring (bicyclic) bond motifs is 3. The predicted molar refractivity (Wildman–Crippen MR) is 124 cm³/mol. The maximum absolute atomic E-state index is 12.5. The van der Waals surface area contributed by atoms with Gasteiger partial charge in [-0.2, -0.15) is 0 Å². The zero-order chi connectivity index (χ0) is 22.8. The topological polar surface area (TPSA) is 108 Å². The third-order valence-electron chi connectivity index (χ3n) is 4.71. The van der Waals surface area contributed by atoms with Crippen LogP contribution in [0.15, 0.2) is 29.4 Å². The molecular weight excluding hydrogens is 450 g/mol. The maximum atomic E-state index is 12.5. The van der Waals surface area contributed by atoms with Gasteiger partial charge >= 0.3 is 5.97 Å². The van der Waals surface area contributed by atoms with E-state index in [1.807, 2.05) is 35.6 Å². The van der Waals surface area contributed by atoms with Gasteiger partial charge in [-0.3, -0.25) is 9.20 Å². The molecule has 0 aliphatic heterocycles. The van der Waals surface area contributed by atoms with E-state index in [4.69, 9.17) is 9.47 Å². The van der Waals surface area contributed by atoms with Crippen LogP contribution in [0.1, 0.15) is 27.9 Å². The molecule has 0 saturated heterocycles. The Morgan fingerprint density at radius 1 is 1.25 bits per heavy atom. The molecule has 166 valence electrons. The third-order valence-corrected chi connectivity index (χ3v) is 6.69. The number of hydrogen-bond donors (Lipinski definition) is 1. The summed E-state index contributed by atoms with van der Waals surface area (Å²) < 4.78 is 12.5. The minimum Gasteiger partial charge on any atom is -0.495 e. The molecule has 1 N–H and O–H groups in total. The SMILES string of the molecule is CCOC(=O)c1sc(NC(=O)CSc2nnc3cc(C)c4cccc(OC)c4n23)nc1C. The highest BCUT2D eigenvalue weighted by molar-refractivity contribution is 7.99. The van der Waals surface area contributed by atoms with E-state index in [0.29, 0.717) is 32.3 Å². The van der Waals surface area contributed by atoms with E-state index >= 15 is 0 Å². The van der Waals surface area contributed by atoms with Gasteiger partial charge in [0.1, 0.15) is 10.6 Å². The van der Waals surface area contributed by atoms with Gasteiger partial charge in [-0.15, -0.1) is 10.2 Å². The molecule has 0 unspecified atom stereocenters. The summed E-state index contributed by atoms with van der Waals surface area (Å²) in [6.07, 6.45) is 0. The zero-order valence-electron chi connectivity index (χ0n) is 18.0. The molecule has 0 bridgehead atoms. The number of carbonyl (C=O) groups is 2. The molecule has 0 atom stereocenters. The van der Waals surface area contributed by atoms with Crippen LogP contribution in [0, 0.1) is 13.8 Å². The molecule has 0 aliphatic carbocycles. The number of rotatable bonds is 7. The number of benzene rings is 1. The lowest BCUT2D eigenvalue weighted by atomic mass is 10.1. The molecule has 11 heteroatoms. The fourth-order valence-electron chi connectivity index (χ4n) is 3.31. The molecule has 4 rings (SSSR count). The number of amides is 1. The van der Waals surface area contributed by atoms with Gasteiger partial charge in [-0.1, -0.05) is 35.2 Å². The minimum absolute atomic E-state index is 0.0959. The van der Waals surface area contributed by atoms with Crippen LogP contribution < -0.4 is 10.1 Å². The fourth-order valence-corrected chi connectivity index (χ4v) is 4.93. The number of aryl methyl sites for hydroxylation is 2. The van der Waals surface area contributed by atoms with Crippen molar-refractivity contribution >= 4 is 56.7 Å². The van der Waals surface area contributed by atoms with Gasteiger partial charge in [-0.25, -0.2) is 9.78 Å². The van der Waals surface area contributed by atoms with E-state index < -0.39 is 5.97 Å². The van der Waals surface area contributed by atoms with E-state index in [9.17, 15) is 9.59 Å². The van der Waals surface area contributed by atoms with Crippen molar-refractivity contribution in [2.45, 2.75) is 25.9 Å². The Morgan fingerprint density at radius 3 is 2.81 bits per heavy atom. The monoisotopic (exact) mass is 471 g/mol. The molecule has 0 aliphatic rings. The molecule has 0 saturated carbocycles. The lowest BCUT2D eigenvalue weighted by Gasteiger charge is -2.11. The first-order valence-corrected chi connectivity index (χ1v) is 11.6. The molecule has 0 fully saturated rings. The summed E-state index contributed by atoms with van der Waals surface area (Å²) >= 11 is 2.35. The van der Waals surface area contributed by atoms with E-state index in [1.54, 1.807) is 21.0 Å². The second-order valence-corrected chi connectivity index (χ2v) is 8.79. The third kappa shape index (κ3) is 4.13. The number of methoxy groups -OCH3 is 1. The number of hydrogen-bond acceptors (Lipinski definition) is 9. The number of nitrogens with one attached hydrogen (secondary N) is 1. The van der Waals surface area contributed by atoms with E-state index in [2.05, 4.69) is 20.5 Å². The van der Waals surface area contributed by atoms with E-state index in [0.717, 1.165) is 27.8 Å². The molecule has 4 aromatic rings. The summed E-state index contributed by atoms with van der Waals surface area (Å²) in [7, 11) is 1.62. The smallest absolute Gasteiger partial charge is 0.350 e. The van der Waals surface area contributed by atoms with Gasteiger partial charge in [0.25, 0.3) is 0 Å². The summed E-state index contributed by atoms with van der Waals surface area (Å²) in [6.45, 7) is 5.73. The number of nitrogens with zero attached hydrogens (tertiary/aromatic N) is 4. The summed E-state index contributed by atoms with van der Waals surface area (Å²) in [5.41, 5.74) is 3.11. The standard InChI is InChI=1S/C21H21N5O4S2/c1-5-30-19(28)18-12(3)22-20(32-18)23-16(27)10-31-21-25-24-15-9-11(2)13-7-6-8-14(29-4)17(13)26(15)21/h6-9H,5,10H2,1-4H3,(H,22,23,27). The van der Waals surface area contributed by atoms with Crippen molar-refractivity contribution in [3.8, 4) is 5.75 Å². The molecule has 0 radical (unpaired) electrons. The highest BCUT2D eigenvalue weighted by Crippen LogP contribution is 2.32. The van der Waals surface area contributed by atoms with Crippen molar-refractivity contribution in [2.75, 3.05) is 24.8 Å². The average molecular weight is 472 g/mol. The molecule has 32 heavy (non-hydrogen) atoms. The van der Waals surface area contributed by atoms with Crippen molar-refractivity contribution in [3.63, 3.8) is 0 Å². The Labute approximate surface area is 192 Å². The van der Waals surface area contributed by atoms with Gasteiger partial charge < -0.3 is 14.8 Å². The molecule has 3 heterocycles. The Morgan fingerprint density at radius 2 is 2.06 bits per heavy atom. The van der Waals surface area contributed by atoms with E-state index in [1.165, 1.54) is 11.8 Å². The molecular formula is C21H21N5O4S2. The second-order valence-electron chi connectivity index (χ2n) is 6.85. The first kappa shape index (κ1) is 22.0. The first-order valence-electron chi connectivity index (χ1n) is 9.81. The Kier molecular flexibility index (Phi) is 6.28. The van der Waals surface area contributed by atoms with Gasteiger partial charge in [-0.05, 0) is 38.5 Å². The van der Waals surface area contributed by atoms with Gasteiger partial charge in [0.15, 0.2) is 15.9 Å².